The summed E-state index contributed by atoms with van der Waals surface area (Å²) in [7, 11) is 1.31. The van der Waals surface area contributed by atoms with E-state index in [1.54, 1.807) is 12.1 Å². The van der Waals surface area contributed by atoms with Gasteiger partial charge < -0.3 is 15.0 Å². The van der Waals surface area contributed by atoms with E-state index in [0.29, 0.717) is 22.9 Å². The average Bonchev–Trinajstić information content (AvgIpc) is 2.88. The highest BCUT2D eigenvalue weighted by molar-refractivity contribution is 6.33. The highest BCUT2D eigenvalue weighted by atomic mass is 35.5. The highest BCUT2D eigenvalue weighted by Gasteiger charge is 2.08. The van der Waals surface area contributed by atoms with Gasteiger partial charge in [0, 0.05) is 5.69 Å². The van der Waals surface area contributed by atoms with E-state index in [1.165, 1.54) is 25.3 Å². The van der Waals surface area contributed by atoms with Crippen LogP contribution in [0.25, 0.3) is 0 Å². The van der Waals surface area contributed by atoms with Crippen LogP contribution in [0.5, 0.6) is 0 Å². The first-order valence-corrected chi connectivity index (χ1v) is 5.93. The number of methoxy groups -OCH3 is 1. The Hall–Kier alpha value is -2.01. The number of esters is 1. The van der Waals surface area contributed by atoms with Gasteiger partial charge in [-0.3, -0.25) is 0 Å². The van der Waals surface area contributed by atoms with Crippen molar-refractivity contribution in [3.8, 4) is 0 Å². The maximum Gasteiger partial charge on any atom is 0.354 e. The third-order valence-corrected chi connectivity index (χ3v) is 2.88. The standard InChI is InChI=1S/C13H12ClFN2O2/c1-19-13(18)11-5-3-9(17-11)7-16-12-6-8(15)2-4-10(12)14/h2-6,16-17H,7H2,1H3. The van der Waals surface area contributed by atoms with E-state index in [-0.39, 0.29) is 5.82 Å². The Balaban J connectivity index is 2.04. The molecule has 1 heterocycles. The molecule has 6 heteroatoms. The van der Waals surface area contributed by atoms with Crippen molar-refractivity contribution in [2.75, 3.05) is 12.4 Å². The zero-order valence-electron chi connectivity index (χ0n) is 10.2. The molecule has 0 atom stereocenters. The molecule has 0 spiro atoms. The van der Waals surface area contributed by atoms with Crippen molar-refractivity contribution in [3.05, 3.63) is 52.6 Å². The van der Waals surface area contributed by atoms with Crippen LogP contribution < -0.4 is 5.32 Å². The lowest BCUT2D eigenvalue weighted by Gasteiger charge is -2.07. The monoisotopic (exact) mass is 282 g/mol. The molecule has 0 aliphatic carbocycles. The summed E-state index contributed by atoms with van der Waals surface area (Å²) in [4.78, 5) is 14.1. The Bertz CT molecular complexity index is 598. The Morgan fingerprint density at radius 1 is 1.42 bits per heavy atom. The minimum atomic E-state index is -0.435. The van der Waals surface area contributed by atoms with Crippen LogP contribution in [-0.4, -0.2) is 18.1 Å². The molecule has 0 fully saturated rings. The Kier molecular flexibility index (Phi) is 4.06. The van der Waals surface area contributed by atoms with Gasteiger partial charge in [-0.15, -0.1) is 0 Å². The number of rotatable bonds is 4. The van der Waals surface area contributed by atoms with Crippen LogP contribution in [0, 0.1) is 5.82 Å². The number of carbonyl (C=O) groups excluding carboxylic acids is 1. The molecule has 1 aromatic carbocycles. The summed E-state index contributed by atoms with van der Waals surface area (Å²) >= 11 is 5.93. The molecular formula is C13H12ClFN2O2. The van der Waals surface area contributed by atoms with Crippen molar-refractivity contribution in [1.29, 1.82) is 0 Å². The molecular weight excluding hydrogens is 271 g/mol. The molecule has 0 radical (unpaired) electrons. The summed E-state index contributed by atoms with van der Waals surface area (Å²) < 4.78 is 17.6. The number of carbonyl (C=O) groups is 1. The van der Waals surface area contributed by atoms with Crippen molar-refractivity contribution >= 4 is 23.3 Å². The number of halogens is 2. The summed E-state index contributed by atoms with van der Waals surface area (Å²) in [5, 5.41) is 3.42. The molecule has 0 aliphatic heterocycles. The summed E-state index contributed by atoms with van der Waals surface area (Å²) in [6.45, 7) is 0.389. The molecule has 2 rings (SSSR count). The van der Waals surface area contributed by atoms with E-state index >= 15 is 0 Å². The second-order valence-electron chi connectivity index (χ2n) is 3.87. The Morgan fingerprint density at radius 3 is 2.95 bits per heavy atom. The van der Waals surface area contributed by atoms with Gasteiger partial charge in [-0.25, -0.2) is 9.18 Å². The minimum absolute atomic E-state index is 0.365. The lowest BCUT2D eigenvalue weighted by molar-refractivity contribution is 0.0594. The third kappa shape index (κ3) is 3.26. The number of nitrogens with one attached hydrogen (secondary N) is 2. The number of aromatic nitrogens is 1. The smallest absolute Gasteiger partial charge is 0.354 e. The number of benzene rings is 1. The SMILES string of the molecule is COC(=O)c1ccc(CNc2cc(F)ccc2Cl)[nH]1. The van der Waals surface area contributed by atoms with Crippen LogP contribution in [0.4, 0.5) is 10.1 Å². The second-order valence-corrected chi connectivity index (χ2v) is 4.27. The number of ether oxygens (including phenoxy) is 1. The van der Waals surface area contributed by atoms with Crippen molar-refractivity contribution in [3.63, 3.8) is 0 Å². The third-order valence-electron chi connectivity index (χ3n) is 2.55. The summed E-state index contributed by atoms with van der Waals surface area (Å²) in [5.41, 5.74) is 1.63. The number of hydrogen-bond acceptors (Lipinski definition) is 3. The highest BCUT2D eigenvalue weighted by Crippen LogP contribution is 2.22. The molecule has 0 amide bonds. The molecule has 0 saturated heterocycles. The van der Waals surface area contributed by atoms with Gasteiger partial charge in [-0.1, -0.05) is 11.6 Å². The summed E-state index contributed by atoms with van der Waals surface area (Å²) in [6, 6.07) is 7.44. The van der Waals surface area contributed by atoms with E-state index in [4.69, 9.17) is 11.6 Å². The average molecular weight is 283 g/mol. The van der Waals surface area contributed by atoms with E-state index in [1.807, 2.05) is 0 Å². The molecule has 19 heavy (non-hydrogen) atoms. The topological polar surface area (TPSA) is 54.1 Å². The normalized spacial score (nSPS) is 10.3. The molecule has 2 N–H and O–H groups in total. The summed E-state index contributed by atoms with van der Waals surface area (Å²) in [6.07, 6.45) is 0. The Labute approximate surface area is 114 Å². The van der Waals surface area contributed by atoms with E-state index in [2.05, 4.69) is 15.0 Å². The first-order valence-electron chi connectivity index (χ1n) is 5.55. The van der Waals surface area contributed by atoms with Gasteiger partial charge >= 0.3 is 5.97 Å². The van der Waals surface area contributed by atoms with Crippen molar-refractivity contribution in [2.45, 2.75) is 6.54 Å². The molecule has 1 aromatic heterocycles. The molecule has 0 saturated carbocycles. The second kappa shape index (κ2) is 5.75. The zero-order valence-corrected chi connectivity index (χ0v) is 10.9. The zero-order chi connectivity index (χ0) is 13.8. The predicted octanol–water partition coefficient (Wildman–Crippen LogP) is 3.21. The van der Waals surface area contributed by atoms with Gasteiger partial charge in [0.2, 0.25) is 0 Å². The van der Waals surface area contributed by atoms with Crippen molar-refractivity contribution in [1.82, 2.24) is 4.98 Å². The fourth-order valence-corrected chi connectivity index (χ4v) is 1.78. The molecule has 2 aromatic rings. The van der Waals surface area contributed by atoms with Gasteiger partial charge in [0.1, 0.15) is 11.5 Å². The lowest BCUT2D eigenvalue weighted by Crippen LogP contribution is -2.04. The molecule has 0 unspecified atom stereocenters. The minimum Gasteiger partial charge on any atom is -0.464 e. The van der Waals surface area contributed by atoms with Crippen LogP contribution in [-0.2, 0) is 11.3 Å². The van der Waals surface area contributed by atoms with Gasteiger partial charge in [0.05, 0.1) is 24.4 Å². The van der Waals surface area contributed by atoms with Gasteiger partial charge in [0.15, 0.2) is 0 Å². The van der Waals surface area contributed by atoms with Gasteiger partial charge in [-0.05, 0) is 30.3 Å². The van der Waals surface area contributed by atoms with E-state index in [9.17, 15) is 9.18 Å². The number of H-pyrrole nitrogens is 1. The van der Waals surface area contributed by atoms with Crippen LogP contribution in [0.3, 0.4) is 0 Å². The lowest BCUT2D eigenvalue weighted by atomic mass is 10.3. The molecule has 0 bridgehead atoms. The van der Waals surface area contributed by atoms with E-state index in [0.717, 1.165) is 5.69 Å². The first-order chi connectivity index (χ1) is 9.10. The van der Waals surface area contributed by atoms with Gasteiger partial charge in [-0.2, -0.15) is 0 Å². The fraction of sp³-hybridized carbons (Fsp3) is 0.154. The quantitative estimate of drug-likeness (QED) is 0.847. The van der Waals surface area contributed by atoms with Crippen molar-refractivity contribution in [2.24, 2.45) is 0 Å². The van der Waals surface area contributed by atoms with Crippen molar-refractivity contribution < 1.29 is 13.9 Å². The fourth-order valence-electron chi connectivity index (χ4n) is 1.60. The van der Waals surface area contributed by atoms with Gasteiger partial charge in [0.25, 0.3) is 0 Å². The summed E-state index contributed by atoms with van der Waals surface area (Å²) in [5.74, 6) is -0.802. The number of anilines is 1. The van der Waals surface area contributed by atoms with Crippen LogP contribution in [0.15, 0.2) is 30.3 Å². The van der Waals surface area contributed by atoms with Crippen LogP contribution in [0.2, 0.25) is 5.02 Å². The maximum absolute atomic E-state index is 13.1. The molecule has 4 nitrogen and oxygen atoms in total. The molecule has 0 aliphatic rings. The van der Waals surface area contributed by atoms with Crippen LogP contribution >= 0.6 is 11.6 Å². The predicted molar refractivity (Wildman–Crippen MR) is 70.9 cm³/mol. The largest absolute Gasteiger partial charge is 0.464 e. The number of aromatic amines is 1. The number of hydrogen-bond donors (Lipinski definition) is 2. The Morgan fingerprint density at radius 2 is 2.21 bits per heavy atom. The van der Waals surface area contributed by atoms with Crippen LogP contribution in [0.1, 0.15) is 16.2 Å². The first kappa shape index (κ1) is 13.4. The molecule has 100 valence electrons. The van der Waals surface area contributed by atoms with E-state index < -0.39 is 5.97 Å². The maximum atomic E-state index is 13.1.